The van der Waals surface area contributed by atoms with Crippen LogP contribution in [0, 0.1) is 11.6 Å². The molecule has 26 heavy (non-hydrogen) atoms. The second-order valence-corrected chi connectivity index (χ2v) is 5.37. The normalized spacial score (nSPS) is 11.0. The van der Waals surface area contributed by atoms with Gasteiger partial charge in [0, 0.05) is 17.1 Å². The first-order valence-corrected chi connectivity index (χ1v) is 7.71. The molecule has 0 radical (unpaired) electrons. The van der Waals surface area contributed by atoms with Gasteiger partial charge in [-0.15, -0.1) is 0 Å². The Bertz CT molecular complexity index is 1020. The topological polar surface area (TPSA) is 71.3 Å². The van der Waals surface area contributed by atoms with Crippen LogP contribution >= 0.6 is 0 Å². The van der Waals surface area contributed by atoms with Gasteiger partial charge in [-0.2, -0.15) is 0 Å². The maximum atomic E-state index is 13.3. The molecule has 0 spiro atoms. The summed E-state index contributed by atoms with van der Waals surface area (Å²) < 4.78 is 31.9. The molecule has 2 aromatic carbocycles. The molecule has 3 rings (SSSR count). The van der Waals surface area contributed by atoms with Crippen LogP contribution in [0.2, 0.25) is 0 Å². The molecule has 0 atom stereocenters. The first-order chi connectivity index (χ1) is 12.5. The van der Waals surface area contributed by atoms with Gasteiger partial charge < -0.3 is 15.1 Å². The Morgan fingerprint density at radius 2 is 1.81 bits per heavy atom. The van der Waals surface area contributed by atoms with Crippen molar-refractivity contribution in [3.8, 4) is 0 Å². The van der Waals surface area contributed by atoms with Crippen LogP contribution < -0.4 is 10.6 Å². The Morgan fingerprint density at radius 1 is 1.04 bits per heavy atom. The van der Waals surface area contributed by atoms with Crippen molar-refractivity contribution in [3.63, 3.8) is 0 Å². The fraction of sp³-hybridized carbons (Fsp3) is 0.0526. The predicted octanol–water partition coefficient (Wildman–Crippen LogP) is 4.48. The largest absolute Gasteiger partial charge is 0.449 e. The van der Waals surface area contributed by atoms with Gasteiger partial charge in [-0.25, -0.2) is 8.78 Å². The van der Waals surface area contributed by atoms with E-state index in [4.69, 9.17) is 4.42 Å². The molecule has 2 amide bonds. The van der Waals surface area contributed by atoms with Gasteiger partial charge in [0.15, 0.2) is 11.6 Å². The molecule has 0 bridgehead atoms. The Kier molecular flexibility index (Phi) is 4.79. The fourth-order valence-electron chi connectivity index (χ4n) is 2.41. The lowest BCUT2D eigenvalue weighted by atomic mass is 10.2. The number of amides is 2. The maximum Gasteiger partial charge on any atom is 0.293 e. The molecule has 5 nitrogen and oxygen atoms in total. The molecular formula is C19H14F2N2O3. The number of carbonyl (C=O) groups is 2. The fourth-order valence-corrected chi connectivity index (χ4v) is 2.41. The summed E-state index contributed by atoms with van der Waals surface area (Å²) >= 11 is 0. The van der Waals surface area contributed by atoms with Gasteiger partial charge in [0.2, 0.25) is 11.7 Å². The zero-order chi connectivity index (χ0) is 18.7. The van der Waals surface area contributed by atoms with E-state index in [0.29, 0.717) is 11.0 Å². The lowest BCUT2D eigenvalue weighted by molar-refractivity contribution is -0.111. The summed E-state index contributed by atoms with van der Waals surface area (Å²) in [4.78, 5) is 24.5. The molecule has 0 aliphatic heterocycles. The molecule has 0 unspecified atom stereocenters. The number of fused-ring (bicyclic) bond motifs is 1. The maximum absolute atomic E-state index is 13.3. The van der Waals surface area contributed by atoms with Crippen molar-refractivity contribution in [2.45, 2.75) is 6.92 Å². The highest BCUT2D eigenvalue weighted by molar-refractivity contribution is 6.15. The molecule has 0 saturated heterocycles. The van der Waals surface area contributed by atoms with Gasteiger partial charge in [-0.05, 0) is 37.3 Å². The molecule has 3 aromatic rings. The lowest BCUT2D eigenvalue weighted by Gasteiger charge is -2.06. The first kappa shape index (κ1) is 17.3. The van der Waals surface area contributed by atoms with Crippen molar-refractivity contribution >= 4 is 34.2 Å². The van der Waals surface area contributed by atoms with Crippen molar-refractivity contribution in [1.29, 1.82) is 0 Å². The monoisotopic (exact) mass is 356 g/mol. The molecule has 0 aliphatic carbocycles. The molecule has 0 saturated carbocycles. The molecule has 7 heteroatoms. The van der Waals surface area contributed by atoms with Crippen LogP contribution in [0.5, 0.6) is 0 Å². The lowest BCUT2D eigenvalue weighted by Crippen LogP contribution is -2.16. The third-order valence-electron chi connectivity index (χ3n) is 3.55. The zero-order valence-electron chi connectivity index (χ0n) is 13.7. The number of hydrogen-bond donors (Lipinski definition) is 2. The zero-order valence-corrected chi connectivity index (χ0v) is 13.7. The quantitative estimate of drug-likeness (QED) is 0.677. The summed E-state index contributed by atoms with van der Waals surface area (Å²) in [5.41, 5.74) is 0.655. The molecule has 1 aromatic heterocycles. The average Bonchev–Trinajstić information content (AvgIpc) is 2.97. The van der Waals surface area contributed by atoms with Crippen LogP contribution in [-0.4, -0.2) is 11.8 Å². The van der Waals surface area contributed by atoms with Crippen molar-refractivity contribution in [3.05, 3.63) is 72.0 Å². The minimum atomic E-state index is -1.09. The first-order valence-electron chi connectivity index (χ1n) is 7.71. The number of benzene rings is 2. The van der Waals surface area contributed by atoms with E-state index in [1.54, 1.807) is 37.3 Å². The average molecular weight is 356 g/mol. The molecule has 0 fully saturated rings. The summed E-state index contributed by atoms with van der Waals surface area (Å²) in [6, 6.07) is 9.78. The number of furan rings is 1. The van der Waals surface area contributed by atoms with Gasteiger partial charge >= 0.3 is 0 Å². The summed E-state index contributed by atoms with van der Waals surface area (Å²) in [6.07, 6.45) is 2.86. The number of anilines is 2. The van der Waals surface area contributed by atoms with E-state index in [1.807, 2.05) is 0 Å². The van der Waals surface area contributed by atoms with Crippen LogP contribution in [0.3, 0.4) is 0 Å². The van der Waals surface area contributed by atoms with Crippen molar-refractivity contribution in [1.82, 2.24) is 0 Å². The minimum absolute atomic E-state index is 0.0556. The summed E-state index contributed by atoms with van der Waals surface area (Å²) in [5, 5.41) is 5.57. The number of para-hydroxylation sites is 1. The third-order valence-corrected chi connectivity index (χ3v) is 3.55. The molecule has 132 valence electrons. The van der Waals surface area contributed by atoms with Crippen LogP contribution in [0.15, 0.2) is 59.0 Å². The SMILES string of the molecule is C/C=C/C(=O)Nc1c(C(=O)Nc2ccc(F)c(F)c2)oc2ccccc12. The summed E-state index contributed by atoms with van der Waals surface area (Å²) in [7, 11) is 0. The number of carbonyl (C=O) groups excluding carboxylic acids is 2. The van der Waals surface area contributed by atoms with Crippen molar-refractivity contribution in [2.75, 3.05) is 10.6 Å². The van der Waals surface area contributed by atoms with Crippen molar-refractivity contribution < 1.29 is 22.8 Å². The molecular weight excluding hydrogens is 342 g/mol. The highest BCUT2D eigenvalue weighted by Gasteiger charge is 2.22. The van der Waals surface area contributed by atoms with Crippen molar-refractivity contribution in [2.24, 2.45) is 0 Å². The predicted molar refractivity (Wildman–Crippen MR) is 94.0 cm³/mol. The number of nitrogens with one attached hydrogen (secondary N) is 2. The van der Waals surface area contributed by atoms with E-state index >= 15 is 0 Å². The minimum Gasteiger partial charge on any atom is -0.449 e. The Labute approximate surface area is 147 Å². The van der Waals surface area contributed by atoms with Crippen LogP contribution in [0.4, 0.5) is 20.2 Å². The number of halogens is 2. The van der Waals surface area contributed by atoms with Gasteiger partial charge in [0.25, 0.3) is 5.91 Å². The number of rotatable bonds is 4. The number of allylic oxidation sites excluding steroid dienone is 1. The van der Waals surface area contributed by atoms with Gasteiger partial charge in [-0.3, -0.25) is 9.59 Å². The second-order valence-electron chi connectivity index (χ2n) is 5.37. The van der Waals surface area contributed by atoms with Gasteiger partial charge in [0.1, 0.15) is 11.3 Å². The van der Waals surface area contributed by atoms with E-state index in [2.05, 4.69) is 10.6 Å². The highest BCUT2D eigenvalue weighted by atomic mass is 19.2. The summed E-state index contributed by atoms with van der Waals surface area (Å²) in [6.45, 7) is 1.68. The summed E-state index contributed by atoms with van der Waals surface area (Å²) in [5.74, 6) is -3.39. The van der Waals surface area contributed by atoms with E-state index in [9.17, 15) is 18.4 Å². The van der Waals surface area contributed by atoms with E-state index in [-0.39, 0.29) is 17.1 Å². The van der Waals surface area contributed by atoms with Gasteiger partial charge in [0.05, 0.1) is 0 Å². The molecule has 2 N–H and O–H groups in total. The Morgan fingerprint density at radius 3 is 2.54 bits per heavy atom. The van der Waals surface area contributed by atoms with E-state index < -0.39 is 23.4 Å². The molecule has 0 aliphatic rings. The smallest absolute Gasteiger partial charge is 0.293 e. The van der Waals surface area contributed by atoms with Crippen LogP contribution in [0.1, 0.15) is 17.5 Å². The highest BCUT2D eigenvalue weighted by Crippen LogP contribution is 2.31. The standard InChI is InChI=1S/C19H14F2N2O3/c1-2-5-16(24)23-17-12-6-3-4-7-15(12)26-18(17)19(25)22-11-8-9-13(20)14(21)10-11/h2-10H,1H3,(H,22,25)(H,23,24)/b5-2+. The van der Waals surface area contributed by atoms with Crippen LogP contribution in [-0.2, 0) is 4.79 Å². The third kappa shape index (κ3) is 3.46. The number of hydrogen-bond acceptors (Lipinski definition) is 3. The molecule has 1 heterocycles. The second kappa shape index (κ2) is 7.18. The Balaban J connectivity index is 1.98. The Hall–Kier alpha value is -3.48. The van der Waals surface area contributed by atoms with Gasteiger partial charge in [-0.1, -0.05) is 18.2 Å². The van der Waals surface area contributed by atoms with E-state index in [0.717, 1.165) is 12.1 Å². The van der Waals surface area contributed by atoms with E-state index in [1.165, 1.54) is 12.1 Å². The van der Waals surface area contributed by atoms with Crippen LogP contribution in [0.25, 0.3) is 11.0 Å².